The summed E-state index contributed by atoms with van der Waals surface area (Å²) >= 11 is 0. The predicted octanol–water partition coefficient (Wildman–Crippen LogP) is 3.53. The first kappa shape index (κ1) is 18.5. The molecule has 5 heteroatoms. The Bertz CT molecular complexity index is 780. The summed E-state index contributed by atoms with van der Waals surface area (Å²) in [5.74, 6) is -0.419. The van der Waals surface area contributed by atoms with Crippen LogP contribution in [0.2, 0.25) is 0 Å². The second kappa shape index (κ2) is 7.83. The number of phenols is 1. The molecule has 0 aliphatic heterocycles. The van der Waals surface area contributed by atoms with Crippen molar-refractivity contribution in [1.82, 2.24) is 5.32 Å². The van der Waals surface area contributed by atoms with Crippen LogP contribution in [0.25, 0.3) is 0 Å². The summed E-state index contributed by atoms with van der Waals surface area (Å²) in [4.78, 5) is 23.9. The van der Waals surface area contributed by atoms with E-state index in [2.05, 4.69) is 10.6 Å². The van der Waals surface area contributed by atoms with Crippen molar-refractivity contribution in [2.75, 3.05) is 5.32 Å². The second-order valence-electron chi connectivity index (χ2n) is 6.43. The molecule has 3 N–H and O–H groups in total. The van der Waals surface area contributed by atoms with E-state index in [-0.39, 0.29) is 29.0 Å². The van der Waals surface area contributed by atoms with Gasteiger partial charge in [-0.05, 0) is 48.7 Å². The van der Waals surface area contributed by atoms with Gasteiger partial charge < -0.3 is 15.7 Å². The fourth-order valence-corrected chi connectivity index (χ4v) is 2.25. The highest BCUT2D eigenvalue weighted by molar-refractivity contribution is 5.97. The number of amides is 2. The van der Waals surface area contributed by atoms with E-state index in [4.69, 9.17) is 0 Å². The number of aromatic hydroxyl groups is 1. The van der Waals surface area contributed by atoms with Crippen molar-refractivity contribution in [3.8, 4) is 5.75 Å². The SMILES string of the molecule is Cc1ccc(C(=O)NCc2ccc(NC(=O)C(C)C)cc2)c(O)c1C. The summed E-state index contributed by atoms with van der Waals surface area (Å²) < 4.78 is 0. The topological polar surface area (TPSA) is 78.4 Å². The minimum atomic E-state index is -0.321. The molecule has 25 heavy (non-hydrogen) atoms. The number of hydrogen-bond acceptors (Lipinski definition) is 3. The van der Waals surface area contributed by atoms with Crippen LogP contribution in [-0.2, 0) is 11.3 Å². The zero-order valence-electron chi connectivity index (χ0n) is 15.0. The van der Waals surface area contributed by atoms with E-state index in [1.165, 1.54) is 0 Å². The van der Waals surface area contributed by atoms with Gasteiger partial charge in [0.1, 0.15) is 5.75 Å². The van der Waals surface area contributed by atoms with Crippen molar-refractivity contribution in [1.29, 1.82) is 0 Å². The lowest BCUT2D eigenvalue weighted by Crippen LogP contribution is -2.23. The van der Waals surface area contributed by atoms with Gasteiger partial charge in [-0.1, -0.05) is 32.0 Å². The van der Waals surface area contributed by atoms with E-state index < -0.39 is 0 Å². The number of carbonyl (C=O) groups is 2. The van der Waals surface area contributed by atoms with Gasteiger partial charge in [-0.25, -0.2) is 0 Å². The van der Waals surface area contributed by atoms with Crippen LogP contribution in [0.5, 0.6) is 5.75 Å². The highest BCUT2D eigenvalue weighted by Gasteiger charge is 2.14. The Balaban J connectivity index is 1.98. The molecule has 0 saturated heterocycles. The number of anilines is 1. The Kier molecular flexibility index (Phi) is 5.80. The Morgan fingerprint density at radius 2 is 1.68 bits per heavy atom. The lowest BCUT2D eigenvalue weighted by molar-refractivity contribution is -0.118. The average Bonchev–Trinajstić information content (AvgIpc) is 2.58. The number of aryl methyl sites for hydroxylation is 1. The third-order valence-corrected chi connectivity index (χ3v) is 4.15. The quantitative estimate of drug-likeness (QED) is 0.779. The molecule has 0 radical (unpaired) electrons. The first-order valence-electron chi connectivity index (χ1n) is 8.26. The van der Waals surface area contributed by atoms with E-state index in [9.17, 15) is 14.7 Å². The number of benzene rings is 2. The van der Waals surface area contributed by atoms with Gasteiger partial charge in [-0.15, -0.1) is 0 Å². The molecular formula is C20H24N2O3. The van der Waals surface area contributed by atoms with Gasteiger partial charge in [0, 0.05) is 18.2 Å². The maximum Gasteiger partial charge on any atom is 0.255 e. The molecule has 2 amide bonds. The molecule has 2 aromatic carbocycles. The van der Waals surface area contributed by atoms with Crippen molar-refractivity contribution >= 4 is 17.5 Å². The number of hydrogen-bond donors (Lipinski definition) is 3. The molecule has 0 heterocycles. The van der Waals surface area contributed by atoms with Gasteiger partial charge in [0.15, 0.2) is 0 Å². The van der Waals surface area contributed by atoms with Crippen LogP contribution in [0, 0.1) is 19.8 Å². The fraction of sp³-hybridized carbons (Fsp3) is 0.300. The van der Waals surface area contributed by atoms with Gasteiger partial charge in [-0.3, -0.25) is 9.59 Å². The van der Waals surface area contributed by atoms with Crippen LogP contribution >= 0.6 is 0 Å². The molecule has 5 nitrogen and oxygen atoms in total. The zero-order valence-corrected chi connectivity index (χ0v) is 15.0. The molecule has 132 valence electrons. The molecule has 0 atom stereocenters. The number of rotatable bonds is 5. The highest BCUT2D eigenvalue weighted by Crippen LogP contribution is 2.24. The smallest absolute Gasteiger partial charge is 0.255 e. The first-order valence-corrected chi connectivity index (χ1v) is 8.26. The van der Waals surface area contributed by atoms with Crippen LogP contribution in [0.1, 0.15) is 40.9 Å². The molecule has 0 aromatic heterocycles. The van der Waals surface area contributed by atoms with Crippen molar-refractivity contribution in [3.63, 3.8) is 0 Å². The van der Waals surface area contributed by atoms with Crippen molar-refractivity contribution < 1.29 is 14.7 Å². The molecule has 0 spiro atoms. The summed E-state index contributed by atoms with van der Waals surface area (Å²) in [5.41, 5.74) is 3.54. The van der Waals surface area contributed by atoms with Crippen LogP contribution in [0.3, 0.4) is 0 Å². The van der Waals surface area contributed by atoms with E-state index >= 15 is 0 Å². The van der Waals surface area contributed by atoms with Crippen molar-refractivity contribution in [2.45, 2.75) is 34.2 Å². The maximum absolute atomic E-state index is 12.3. The van der Waals surface area contributed by atoms with E-state index in [0.717, 1.165) is 16.8 Å². The summed E-state index contributed by atoms with van der Waals surface area (Å²) in [6.45, 7) is 7.68. The van der Waals surface area contributed by atoms with Gasteiger partial charge in [0.25, 0.3) is 5.91 Å². The largest absolute Gasteiger partial charge is 0.507 e. The van der Waals surface area contributed by atoms with Gasteiger partial charge in [0.2, 0.25) is 5.91 Å². The van der Waals surface area contributed by atoms with Gasteiger partial charge >= 0.3 is 0 Å². The predicted molar refractivity (Wildman–Crippen MR) is 98.7 cm³/mol. The van der Waals surface area contributed by atoms with Crippen LogP contribution in [-0.4, -0.2) is 16.9 Å². The molecule has 0 aliphatic rings. The maximum atomic E-state index is 12.3. The van der Waals surface area contributed by atoms with E-state index in [1.54, 1.807) is 25.1 Å². The number of phenolic OH excluding ortho intramolecular Hbond substituents is 1. The summed E-state index contributed by atoms with van der Waals surface area (Å²) in [5, 5.41) is 15.7. The lowest BCUT2D eigenvalue weighted by Gasteiger charge is -2.11. The first-order chi connectivity index (χ1) is 11.8. The Labute approximate surface area is 148 Å². The molecule has 0 saturated carbocycles. The second-order valence-corrected chi connectivity index (χ2v) is 6.43. The minimum Gasteiger partial charge on any atom is -0.507 e. The van der Waals surface area contributed by atoms with Crippen LogP contribution < -0.4 is 10.6 Å². The van der Waals surface area contributed by atoms with Crippen molar-refractivity contribution in [2.24, 2.45) is 5.92 Å². The number of nitrogens with one attached hydrogen (secondary N) is 2. The summed E-state index contributed by atoms with van der Waals surface area (Å²) in [6, 6.07) is 10.7. The highest BCUT2D eigenvalue weighted by atomic mass is 16.3. The zero-order chi connectivity index (χ0) is 18.6. The minimum absolute atomic E-state index is 0.0178. The molecule has 0 fully saturated rings. The Morgan fingerprint density at radius 3 is 2.28 bits per heavy atom. The Hall–Kier alpha value is -2.82. The molecular weight excluding hydrogens is 316 g/mol. The molecule has 0 bridgehead atoms. The Morgan fingerprint density at radius 1 is 1.04 bits per heavy atom. The monoisotopic (exact) mass is 340 g/mol. The molecule has 0 unspecified atom stereocenters. The third kappa shape index (κ3) is 4.59. The average molecular weight is 340 g/mol. The normalized spacial score (nSPS) is 10.6. The molecule has 2 rings (SSSR count). The van der Waals surface area contributed by atoms with E-state index in [0.29, 0.717) is 12.1 Å². The summed E-state index contributed by atoms with van der Waals surface area (Å²) in [6.07, 6.45) is 0. The van der Waals surface area contributed by atoms with E-state index in [1.807, 2.05) is 39.0 Å². The van der Waals surface area contributed by atoms with Gasteiger partial charge in [-0.2, -0.15) is 0 Å². The van der Waals surface area contributed by atoms with Crippen LogP contribution in [0.4, 0.5) is 5.69 Å². The number of carbonyl (C=O) groups excluding carboxylic acids is 2. The standard InChI is InChI=1S/C20H24N2O3/c1-12(2)19(24)22-16-8-6-15(7-9-16)11-21-20(25)17-10-5-13(3)14(4)18(17)23/h5-10,12,23H,11H2,1-4H3,(H,21,25)(H,22,24). The fourth-order valence-electron chi connectivity index (χ4n) is 2.25. The molecule has 2 aromatic rings. The lowest BCUT2D eigenvalue weighted by atomic mass is 10.0. The third-order valence-electron chi connectivity index (χ3n) is 4.15. The molecule has 0 aliphatic carbocycles. The summed E-state index contributed by atoms with van der Waals surface area (Å²) in [7, 11) is 0. The van der Waals surface area contributed by atoms with Gasteiger partial charge in [0.05, 0.1) is 5.56 Å². The van der Waals surface area contributed by atoms with Crippen LogP contribution in [0.15, 0.2) is 36.4 Å². The van der Waals surface area contributed by atoms with Crippen molar-refractivity contribution in [3.05, 3.63) is 58.7 Å².